The van der Waals surface area contributed by atoms with Crippen molar-refractivity contribution in [1.82, 2.24) is 4.90 Å². The van der Waals surface area contributed by atoms with Crippen molar-refractivity contribution in [2.24, 2.45) is 0 Å². The zero-order chi connectivity index (χ0) is 9.90. The largest absolute Gasteiger partial charge is 0.446 e. The van der Waals surface area contributed by atoms with Crippen molar-refractivity contribution >= 4 is 6.47 Å². The van der Waals surface area contributed by atoms with Crippen LogP contribution in [0.1, 0.15) is 20.8 Å². The molecule has 0 radical (unpaired) electrons. The van der Waals surface area contributed by atoms with Crippen molar-refractivity contribution < 1.29 is 14.3 Å². The molecule has 1 aliphatic rings. The number of ether oxygens (including phenoxy) is 2. The molecule has 1 heterocycles. The SMILES string of the molecule is CC(C)(C)N1CCOC[C@H]1OC=O. The summed E-state index contributed by atoms with van der Waals surface area (Å²) in [5, 5.41) is 0. The highest BCUT2D eigenvalue weighted by Crippen LogP contribution is 2.19. The zero-order valence-corrected chi connectivity index (χ0v) is 8.45. The molecule has 4 heteroatoms. The van der Waals surface area contributed by atoms with Gasteiger partial charge in [0, 0.05) is 12.1 Å². The summed E-state index contributed by atoms with van der Waals surface area (Å²) in [5.41, 5.74) is 0.0114. The van der Waals surface area contributed by atoms with E-state index in [-0.39, 0.29) is 11.8 Å². The monoisotopic (exact) mass is 187 g/mol. The lowest BCUT2D eigenvalue weighted by Gasteiger charge is -2.42. The Kier molecular flexibility index (Phi) is 3.27. The maximum atomic E-state index is 10.2. The topological polar surface area (TPSA) is 38.8 Å². The van der Waals surface area contributed by atoms with Gasteiger partial charge in [-0.2, -0.15) is 0 Å². The Balaban J connectivity index is 2.61. The molecular formula is C9H17NO3. The normalized spacial score (nSPS) is 25.6. The van der Waals surface area contributed by atoms with E-state index in [9.17, 15) is 4.79 Å². The Labute approximate surface area is 78.8 Å². The van der Waals surface area contributed by atoms with Crippen molar-refractivity contribution in [1.29, 1.82) is 0 Å². The van der Waals surface area contributed by atoms with E-state index in [4.69, 9.17) is 9.47 Å². The summed E-state index contributed by atoms with van der Waals surface area (Å²) in [5.74, 6) is 0. The third kappa shape index (κ3) is 2.67. The lowest BCUT2D eigenvalue weighted by atomic mass is 10.1. The fourth-order valence-corrected chi connectivity index (χ4v) is 1.53. The molecule has 1 aliphatic heterocycles. The predicted molar refractivity (Wildman–Crippen MR) is 48.2 cm³/mol. The zero-order valence-electron chi connectivity index (χ0n) is 8.45. The summed E-state index contributed by atoms with van der Waals surface area (Å²) < 4.78 is 10.2. The molecular weight excluding hydrogens is 170 g/mol. The van der Waals surface area contributed by atoms with Crippen LogP contribution in [0.3, 0.4) is 0 Å². The van der Waals surface area contributed by atoms with Gasteiger partial charge in [-0.3, -0.25) is 9.69 Å². The molecule has 0 aromatic carbocycles. The molecule has 0 aliphatic carbocycles. The molecule has 0 spiro atoms. The number of hydrogen-bond acceptors (Lipinski definition) is 4. The minimum absolute atomic E-state index is 0.0114. The Hall–Kier alpha value is -0.610. The molecule has 76 valence electrons. The number of carbonyl (C=O) groups is 1. The summed E-state index contributed by atoms with van der Waals surface area (Å²) in [7, 11) is 0. The van der Waals surface area contributed by atoms with Gasteiger partial charge in [0.25, 0.3) is 6.47 Å². The number of hydrogen-bond donors (Lipinski definition) is 0. The van der Waals surface area contributed by atoms with Gasteiger partial charge in [-0.1, -0.05) is 0 Å². The number of rotatable bonds is 2. The standard InChI is InChI=1S/C9H17NO3/c1-9(2,3)10-4-5-12-6-8(10)13-7-11/h7-8H,4-6H2,1-3H3/t8-/m1/s1. The van der Waals surface area contributed by atoms with E-state index in [0.29, 0.717) is 19.7 Å². The molecule has 0 N–H and O–H groups in total. The molecule has 0 aromatic rings. The summed E-state index contributed by atoms with van der Waals surface area (Å²) in [6.45, 7) is 8.75. The van der Waals surface area contributed by atoms with Gasteiger partial charge in [0.1, 0.15) is 0 Å². The third-order valence-electron chi connectivity index (χ3n) is 2.16. The predicted octanol–water partition coefficient (Wildman–Crippen LogP) is 0.616. The van der Waals surface area contributed by atoms with Gasteiger partial charge in [0.2, 0.25) is 0 Å². The number of carbonyl (C=O) groups excluding carboxylic acids is 1. The van der Waals surface area contributed by atoms with Crippen LogP contribution in [0.15, 0.2) is 0 Å². The first-order chi connectivity index (χ1) is 6.05. The molecule has 0 saturated carbocycles. The minimum atomic E-state index is -0.230. The first kappa shape index (κ1) is 10.5. The van der Waals surface area contributed by atoms with Crippen molar-refractivity contribution in [3.63, 3.8) is 0 Å². The van der Waals surface area contributed by atoms with E-state index in [2.05, 4.69) is 25.7 Å². The maximum absolute atomic E-state index is 10.2. The van der Waals surface area contributed by atoms with Crippen LogP contribution in [0.2, 0.25) is 0 Å². The molecule has 1 fully saturated rings. The number of nitrogens with zero attached hydrogens (tertiary/aromatic N) is 1. The van der Waals surface area contributed by atoms with Gasteiger partial charge >= 0.3 is 0 Å². The lowest BCUT2D eigenvalue weighted by Crippen LogP contribution is -2.55. The average Bonchev–Trinajstić information content (AvgIpc) is 2.04. The van der Waals surface area contributed by atoms with Gasteiger partial charge in [-0.05, 0) is 20.8 Å². The van der Waals surface area contributed by atoms with Crippen molar-refractivity contribution in [3.8, 4) is 0 Å². The van der Waals surface area contributed by atoms with E-state index in [0.717, 1.165) is 6.54 Å². The molecule has 0 aromatic heterocycles. The highest BCUT2D eigenvalue weighted by atomic mass is 16.6. The highest BCUT2D eigenvalue weighted by Gasteiger charge is 2.32. The van der Waals surface area contributed by atoms with E-state index in [1.807, 2.05) is 0 Å². The maximum Gasteiger partial charge on any atom is 0.294 e. The van der Waals surface area contributed by atoms with E-state index < -0.39 is 0 Å². The van der Waals surface area contributed by atoms with Crippen LogP contribution in [0.25, 0.3) is 0 Å². The van der Waals surface area contributed by atoms with Crippen LogP contribution in [-0.4, -0.2) is 42.9 Å². The Morgan fingerprint density at radius 3 is 2.77 bits per heavy atom. The van der Waals surface area contributed by atoms with Crippen LogP contribution in [0, 0.1) is 0 Å². The second kappa shape index (κ2) is 4.07. The van der Waals surface area contributed by atoms with E-state index in [1.54, 1.807) is 0 Å². The molecule has 0 unspecified atom stereocenters. The van der Waals surface area contributed by atoms with Crippen molar-refractivity contribution in [2.75, 3.05) is 19.8 Å². The fraction of sp³-hybridized carbons (Fsp3) is 0.889. The lowest BCUT2D eigenvalue weighted by molar-refractivity contribution is -0.174. The second-order valence-corrected chi connectivity index (χ2v) is 4.13. The third-order valence-corrected chi connectivity index (χ3v) is 2.16. The van der Waals surface area contributed by atoms with Gasteiger partial charge < -0.3 is 9.47 Å². The quantitative estimate of drug-likeness (QED) is 0.594. The highest BCUT2D eigenvalue weighted by molar-refractivity contribution is 5.37. The molecule has 1 saturated heterocycles. The Morgan fingerprint density at radius 1 is 1.54 bits per heavy atom. The fourth-order valence-electron chi connectivity index (χ4n) is 1.53. The van der Waals surface area contributed by atoms with Crippen LogP contribution in [-0.2, 0) is 14.3 Å². The van der Waals surface area contributed by atoms with Crippen LogP contribution in [0.5, 0.6) is 0 Å². The summed E-state index contributed by atoms with van der Waals surface area (Å²) >= 11 is 0. The van der Waals surface area contributed by atoms with E-state index in [1.165, 1.54) is 0 Å². The van der Waals surface area contributed by atoms with Crippen LogP contribution < -0.4 is 0 Å². The molecule has 4 nitrogen and oxygen atoms in total. The van der Waals surface area contributed by atoms with Gasteiger partial charge in [0.05, 0.1) is 13.2 Å². The first-order valence-electron chi connectivity index (χ1n) is 4.49. The van der Waals surface area contributed by atoms with E-state index >= 15 is 0 Å². The molecule has 0 bridgehead atoms. The van der Waals surface area contributed by atoms with Crippen LogP contribution in [0.4, 0.5) is 0 Å². The Morgan fingerprint density at radius 2 is 2.23 bits per heavy atom. The number of morpholine rings is 1. The molecule has 1 rings (SSSR count). The van der Waals surface area contributed by atoms with Gasteiger partial charge in [-0.15, -0.1) is 0 Å². The van der Waals surface area contributed by atoms with Crippen molar-refractivity contribution in [2.45, 2.75) is 32.5 Å². The minimum Gasteiger partial charge on any atom is -0.446 e. The second-order valence-electron chi connectivity index (χ2n) is 4.13. The molecule has 0 amide bonds. The smallest absolute Gasteiger partial charge is 0.294 e. The van der Waals surface area contributed by atoms with Gasteiger partial charge in [0.15, 0.2) is 6.23 Å². The molecule has 1 atom stereocenters. The summed E-state index contributed by atoms with van der Waals surface area (Å²) in [4.78, 5) is 12.4. The average molecular weight is 187 g/mol. The Bertz CT molecular complexity index is 176. The van der Waals surface area contributed by atoms with Gasteiger partial charge in [-0.25, -0.2) is 0 Å². The summed E-state index contributed by atoms with van der Waals surface area (Å²) in [6, 6.07) is 0. The first-order valence-corrected chi connectivity index (χ1v) is 4.49. The van der Waals surface area contributed by atoms with Crippen LogP contribution >= 0.6 is 0 Å². The van der Waals surface area contributed by atoms with Crippen molar-refractivity contribution in [3.05, 3.63) is 0 Å². The summed E-state index contributed by atoms with van der Waals surface area (Å²) in [6.07, 6.45) is -0.230. The molecule has 13 heavy (non-hydrogen) atoms.